The van der Waals surface area contributed by atoms with E-state index in [1.165, 1.54) is 5.56 Å². The monoisotopic (exact) mass is 346 g/mol. The molecule has 5 heteroatoms. The van der Waals surface area contributed by atoms with E-state index in [1.807, 2.05) is 39.0 Å². The van der Waals surface area contributed by atoms with Gasteiger partial charge >= 0.3 is 6.09 Å². The zero-order valence-electron chi connectivity index (χ0n) is 16.0. The summed E-state index contributed by atoms with van der Waals surface area (Å²) in [5.74, 6) is 0.389. The van der Waals surface area contributed by atoms with Crippen LogP contribution in [0.5, 0.6) is 0 Å². The Morgan fingerprint density at radius 1 is 1.20 bits per heavy atom. The highest BCUT2D eigenvalue weighted by atomic mass is 16.6. The molecular weight excluding hydrogens is 316 g/mol. The Bertz CT molecular complexity index is 612. The molecule has 1 N–H and O–H groups in total. The second kappa shape index (κ2) is 7.89. The molecular formula is C20H30N2O3. The highest BCUT2D eigenvalue weighted by Gasteiger charge is 2.29. The topological polar surface area (TPSA) is 58.6 Å². The second-order valence-corrected chi connectivity index (χ2v) is 8.01. The van der Waals surface area contributed by atoms with Gasteiger partial charge in [-0.2, -0.15) is 0 Å². The van der Waals surface area contributed by atoms with Crippen LogP contribution in [-0.2, 0) is 9.53 Å². The Kier molecular flexibility index (Phi) is 6.09. The number of carbonyl (C=O) groups excluding carboxylic acids is 2. The molecule has 5 nitrogen and oxygen atoms in total. The Morgan fingerprint density at radius 2 is 1.84 bits per heavy atom. The van der Waals surface area contributed by atoms with Crippen LogP contribution in [0.3, 0.4) is 0 Å². The van der Waals surface area contributed by atoms with E-state index in [4.69, 9.17) is 4.74 Å². The molecule has 138 valence electrons. The fraction of sp³-hybridized carbons (Fsp3) is 0.600. The van der Waals surface area contributed by atoms with E-state index in [0.717, 1.165) is 5.69 Å². The maximum Gasteiger partial charge on any atom is 0.410 e. The maximum atomic E-state index is 12.5. The third kappa shape index (κ3) is 5.76. The minimum absolute atomic E-state index is 0.0322. The maximum absolute atomic E-state index is 12.5. The SMILES string of the molecule is CC(C)c1cccc(NC(=O)C2CCN(C(=O)OC(C)(C)C)CC2)c1. The Morgan fingerprint density at radius 3 is 2.40 bits per heavy atom. The number of ether oxygens (including phenoxy) is 1. The zero-order valence-corrected chi connectivity index (χ0v) is 16.0. The zero-order chi connectivity index (χ0) is 18.6. The number of benzene rings is 1. The molecule has 0 spiro atoms. The van der Waals surface area contributed by atoms with Gasteiger partial charge < -0.3 is 15.0 Å². The van der Waals surface area contributed by atoms with Crippen LogP contribution in [0.1, 0.15) is 58.9 Å². The largest absolute Gasteiger partial charge is 0.444 e. The summed E-state index contributed by atoms with van der Waals surface area (Å²) in [7, 11) is 0. The van der Waals surface area contributed by atoms with E-state index >= 15 is 0 Å². The lowest BCUT2D eigenvalue weighted by Gasteiger charge is -2.32. The molecule has 1 aliphatic heterocycles. The van der Waals surface area contributed by atoms with Crippen molar-refractivity contribution in [3.63, 3.8) is 0 Å². The van der Waals surface area contributed by atoms with E-state index < -0.39 is 5.60 Å². The summed E-state index contributed by atoms with van der Waals surface area (Å²) in [6, 6.07) is 7.98. The van der Waals surface area contributed by atoms with Gasteiger partial charge in [0.2, 0.25) is 5.91 Å². The number of rotatable bonds is 3. The molecule has 25 heavy (non-hydrogen) atoms. The van der Waals surface area contributed by atoms with Gasteiger partial charge in [-0.25, -0.2) is 4.79 Å². The van der Waals surface area contributed by atoms with Gasteiger partial charge in [0.25, 0.3) is 0 Å². The number of piperidine rings is 1. The molecule has 1 heterocycles. The van der Waals surface area contributed by atoms with Crippen LogP contribution in [0.25, 0.3) is 0 Å². The number of nitrogens with zero attached hydrogens (tertiary/aromatic N) is 1. The summed E-state index contributed by atoms with van der Waals surface area (Å²) in [6.45, 7) is 10.9. The van der Waals surface area contributed by atoms with E-state index in [-0.39, 0.29) is 17.9 Å². The lowest BCUT2D eigenvalue weighted by molar-refractivity contribution is -0.121. The standard InChI is InChI=1S/C20H30N2O3/c1-14(2)16-7-6-8-17(13-16)21-18(23)15-9-11-22(12-10-15)19(24)25-20(3,4)5/h6-8,13-15H,9-12H2,1-5H3,(H,21,23). The summed E-state index contributed by atoms with van der Waals surface area (Å²) in [5, 5.41) is 3.02. The van der Waals surface area contributed by atoms with E-state index in [2.05, 4.69) is 25.2 Å². The first kappa shape index (κ1) is 19.3. The van der Waals surface area contributed by atoms with Crippen molar-refractivity contribution >= 4 is 17.7 Å². The Hall–Kier alpha value is -2.04. The van der Waals surface area contributed by atoms with Crippen molar-refractivity contribution in [3.05, 3.63) is 29.8 Å². The molecule has 1 aliphatic rings. The molecule has 0 bridgehead atoms. The molecule has 1 fully saturated rings. The fourth-order valence-corrected chi connectivity index (χ4v) is 2.87. The summed E-state index contributed by atoms with van der Waals surface area (Å²) in [5.41, 5.74) is 1.55. The highest BCUT2D eigenvalue weighted by molar-refractivity contribution is 5.92. The van der Waals surface area contributed by atoms with Gasteiger partial charge in [-0.3, -0.25) is 4.79 Å². The number of carbonyl (C=O) groups is 2. The molecule has 0 unspecified atom stereocenters. The molecule has 1 saturated heterocycles. The van der Waals surface area contributed by atoms with E-state index in [0.29, 0.717) is 31.8 Å². The Labute approximate surface area is 150 Å². The highest BCUT2D eigenvalue weighted by Crippen LogP contribution is 2.23. The van der Waals surface area contributed by atoms with Gasteiger partial charge in [0.15, 0.2) is 0 Å². The molecule has 2 amide bonds. The van der Waals surface area contributed by atoms with Gasteiger partial charge in [-0.05, 0) is 57.2 Å². The van der Waals surface area contributed by atoms with Gasteiger partial charge in [-0.15, -0.1) is 0 Å². The molecule has 1 aromatic carbocycles. The second-order valence-electron chi connectivity index (χ2n) is 8.01. The normalized spacial score (nSPS) is 16.0. The number of nitrogens with one attached hydrogen (secondary N) is 1. The first-order valence-electron chi connectivity index (χ1n) is 9.04. The smallest absolute Gasteiger partial charge is 0.410 e. The number of amides is 2. The van der Waals surface area contributed by atoms with Crippen molar-refractivity contribution in [2.75, 3.05) is 18.4 Å². The number of anilines is 1. The van der Waals surface area contributed by atoms with E-state index in [1.54, 1.807) is 4.90 Å². The molecule has 0 aromatic heterocycles. The van der Waals surface area contributed by atoms with Gasteiger partial charge in [0.1, 0.15) is 5.60 Å². The lowest BCUT2D eigenvalue weighted by Crippen LogP contribution is -2.43. The third-order valence-corrected chi connectivity index (χ3v) is 4.34. The minimum atomic E-state index is -0.493. The Balaban J connectivity index is 1.87. The third-order valence-electron chi connectivity index (χ3n) is 4.34. The van der Waals surface area contributed by atoms with Crippen molar-refractivity contribution in [2.45, 2.75) is 59.0 Å². The van der Waals surface area contributed by atoms with Crippen LogP contribution in [-0.4, -0.2) is 35.6 Å². The van der Waals surface area contributed by atoms with Crippen molar-refractivity contribution < 1.29 is 14.3 Å². The van der Waals surface area contributed by atoms with Crippen LogP contribution in [0.4, 0.5) is 10.5 Å². The number of hydrogen-bond acceptors (Lipinski definition) is 3. The summed E-state index contributed by atoms with van der Waals surface area (Å²) < 4.78 is 5.39. The molecule has 0 atom stereocenters. The predicted molar refractivity (Wildman–Crippen MR) is 99.7 cm³/mol. The molecule has 0 saturated carbocycles. The van der Waals surface area contributed by atoms with Crippen LogP contribution in [0, 0.1) is 5.92 Å². The first-order chi connectivity index (χ1) is 11.7. The van der Waals surface area contributed by atoms with E-state index in [9.17, 15) is 9.59 Å². The average molecular weight is 346 g/mol. The van der Waals surface area contributed by atoms with Crippen molar-refractivity contribution in [1.29, 1.82) is 0 Å². The van der Waals surface area contributed by atoms with Crippen LogP contribution in [0.15, 0.2) is 24.3 Å². The summed E-state index contributed by atoms with van der Waals surface area (Å²) in [6.07, 6.45) is 1.03. The van der Waals surface area contributed by atoms with Gasteiger partial charge in [0, 0.05) is 24.7 Å². The minimum Gasteiger partial charge on any atom is -0.444 e. The van der Waals surface area contributed by atoms with Gasteiger partial charge in [0.05, 0.1) is 0 Å². The number of likely N-dealkylation sites (tertiary alicyclic amines) is 1. The lowest BCUT2D eigenvalue weighted by atomic mass is 9.96. The van der Waals surface area contributed by atoms with Crippen molar-refractivity contribution in [1.82, 2.24) is 4.90 Å². The van der Waals surface area contributed by atoms with Crippen molar-refractivity contribution in [3.8, 4) is 0 Å². The summed E-state index contributed by atoms with van der Waals surface area (Å²) >= 11 is 0. The predicted octanol–water partition coefficient (Wildman–Crippen LogP) is 4.40. The molecule has 1 aromatic rings. The average Bonchev–Trinajstić information content (AvgIpc) is 2.53. The first-order valence-corrected chi connectivity index (χ1v) is 9.04. The number of hydrogen-bond donors (Lipinski definition) is 1. The molecule has 2 rings (SSSR count). The van der Waals surface area contributed by atoms with Gasteiger partial charge in [-0.1, -0.05) is 26.0 Å². The summed E-state index contributed by atoms with van der Waals surface area (Å²) in [4.78, 5) is 26.3. The quantitative estimate of drug-likeness (QED) is 0.883. The van der Waals surface area contributed by atoms with Crippen LogP contribution < -0.4 is 5.32 Å². The van der Waals surface area contributed by atoms with Crippen LogP contribution in [0.2, 0.25) is 0 Å². The fourth-order valence-electron chi connectivity index (χ4n) is 2.87. The van der Waals surface area contributed by atoms with Crippen molar-refractivity contribution in [2.24, 2.45) is 5.92 Å². The van der Waals surface area contributed by atoms with Crippen LogP contribution >= 0.6 is 0 Å². The molecule has 0 aliphatic carbocycles. The molecule has 0 radical (unpaired) electrons.